The summed E-state index contributed by atoms with van der Waals surface area (Å²) in [4.78, 5) is 36.4. The minimum Gasteiger partial charge on any atom is -0.497 e. The van der Waals surface area contributed by atoms with E-state index < -0.39 is 5.54 Å². The Balaban J connectivity index is 1.26. The zero-order chi connectivity index (χ0) is 24.6. The number of nitrogens with zero attached hydrogens (tertiary/aromatic N) is 5. The van der Waals surface area contributed by atoms with Crippen LogP contribution in [0.3, 0.4) is 0 Å². The van der Waals surface area contributed by atoms with Crippen LogP contribution in [-0.2, 0) is 17.9 Å². The van der Waals surface area contributed by atoms with Crippen LogP contribution in [0.2, 0.25) is 5.02 Å². The molecule has 3 aromatic rings. The van der Waals surface area contributed by atoms with E-state index in [-0.39, 0.29) is 18.5 Å². The molecule has 3 amide bonds. The van der Waals surface area contributed by atoms with Gasteiger partial charge >= 0.3 is 6.03 Å². The van der Waals surface area contributed by atoms with E-state index in [0.29, 0.717) is 17.9 Å². The zero-order valence-electron chi connectivity index (χ0n) is 19.9. The lowest BCUT2D eigenvalue weighted by molar-refractivity contribution is -0.135. The Morgan fingerprint density at radius 1 is 1.03 bits per heavy atom. The standard InChI is InChI=1S/C26H28ClN5O3/c1-29-25(34)32(17-19-5-8-22(35-2)9-6-19)24(33)26(29)11-14-30(15-12-26)18-21-4-3-13-31(21)23-10-7-20(27)16-28-23/h3-10,13,16H,11-12,14-15,17-18H2,1-2H3. The van der Waals surface area contributed by atoms with E-state index in [1.807, 2.05) is 53.2 Å². The van der Waals surface area contributed by atoms with Crippen LogP contribution in [0.1, 0.15) is 24.1 Å². The van der Waals surface area contributed by atoms with Gasteiger partial charge in [0.1, 0.15) is 17.1 Å². The Hall–Kier alpha value is -3.36. The number of aromatic nitrogens is 2. The first-order valence-electron chi connectivity index (χ1n) is 11.6. The van der Waals surface area contributed by atoms with Crippen molar-refractivity contribution in [2.75, 3.05) is 27.2 Å². The Bertz CT molecular complexity index is 1220. The number of carbonyl (C=O) groups is 2. The molecular weight excluding hydrogens is 466 g/mol. The average molecular weight is 494 g/mol. The highest BCUT2D eigenvalue weighted by atomic mass is 35.5. The van der Waals surface area contributed by atoms with Crippen molar-refractivity contribution in [2.45, 2.75) is 31.5 Å². The third-order valence-electron chi connectivity index (χ3n) is 7.16. The van der Waals surface area contributed by atoms with Crippen molar-refractivity contribution in [1.29, 1.82) is 0 Å². The molecule has 35 heavy (non-hydrogen) atoms. The Kier molecular flexibility index (Phi) is 6.25. The second-order valence-corrected chi connectivity index (χ2v) is 9.53. The predicted octanol–water partition coefficient (Wildman–Crippen LogP) is 3.96. The maximum Gasteiger partial charge on any atom is 0.327 e. The van der Waals surface area contributed by atoms with Gasteiger partial charge in [0.2, 0.25) is 0 Å². The van der Waals surface area contributed by atoms with Crippen LogP contribution in [0.15, 0.2) is 60.9 Å². The first kappa shape index (κ1) is 23.4. The SMILES string of the molecule is COc1ccc(CN2C(=O)N(C)C3(CCN(Cc4cccn4-c4ccc(Cl)cn4)CC3)C2=O)cc1. The van der Waals surface area contributed by atoms with Crippen LogP contribution in [0.4, 0.5) is 4.79 Å². The molecule has 2 saturated heterocycles. The number of benzene rings is 1. The van der Waals surface area contributed by atoms with Gasteiger partial charge in [-0.3, -0.25) is 14.6 Å². The van der Waals surface area contributed by atoms with Gasteiger partial charge < -0.3 is 14.2 Å². The van der Waals surface area contributed by atoms with Gasteiger partial charge in [0.25, 0.3) is 5.91 Å². The number of methoxy groups -OCH3 is 1. The van der Waals surface area contributed by atoms with Crippen molar-refractivity contribution in [3.8, 4) is 11.6 Å². The fourth-order valence-electron chi connectivity index (χ4n) is 5.04. The van der Waals surface area contributed by atoms with Crippen molar-refractivity contribution in [3.63, 3.8) is 0 Å². The zero-order valence-corrected chi connectivity index (χ0v) is 20.6. The lowest BCUT2D eigenvalue weighted by Crippen LogP contribution is -2.55. The molecule has 0 unspecified atom stereocenters. The van der Waals surface area contributed by atoms with Gasteiger partial charge in [0.15, 0.2) is 0 Å². The molecule has 0 bridgehead atoms. The summed E-state index contributed by atoms with van der Waals surface area (Å²) >= 11 is 5.99. The Morgan fingerprint density at radius 3 is 2.43 bits per heavy atom. The summed E-state index contributed by atoms with van der Waals surface area (Å²) in [6.07, 6.45) is 4.84. The molecule has 0 aliphatic carbocycles. The summed E-state index contributed by atoms with van der Waals surface area (Å²) in [5.41, 5.74) is 1.23. The molecule has 2 fully saturated rings. The highest BCUT2D eigenvalue weighted by Crippen LogP contribution is 2.37. The maximum atomic E-state index is 13.5. The summed E-state index contributed by atoms with van der Waals surface area (Å²) in [7, 11) is 3.36. The molecule has 2 aliphatic rings. The summed E-state index contributed by atoms with van der Waals surface area (Å²) in [5.74, 6) is 1.45. The van der Waals surface area contributed by atoms with Gasteiger partial charge in [-0.15, -0.1) is 0 Å². The monoisotopic (exact) mass is 493 g/mol. The number of hydrogen-bond acceptors (Lipinski definition) is 5. The predicted molar refractivity (Wildman–Crippen MR) is 133 cm³/mol. The number of pyridine rings is 1. The average Bonchev–Trinajstić information content (AvgIpc) is 3.40. The Morgan fingerprint density at radius 2 is 1.77 bits per heavy atom. The van der Waals surface area contributed by atoms with Crippen LogP contribution >= 0.6 is 11.6 Å². The third kappa shape index (κ3) is 4.28. The number of rotatable bonds is 6. The number of imide groups is 1. The number of piperidine rings is 1. The highest BCUT2D eigenvalue weighted by molar-refractivity contribution is 6.30. The second-order valence-electron chi connectivity index (χ2n) is 9.09. The molecule has 9 heteroatoms. The van der Waals surface area contributed by atoms with E-state index in [1.165, 1.54) is 4.90 Å². The molecule has 2 aliphatic heterocycles. The summed E-state index contributed by atoms with van der Waals surface area (Å²) in [6, 6.07) is 15.0. The maximum absolute atomic E-state index is 13.5. The van der Waals surface area contributed by atoms with Gasteiger partial charge in [0.05, 0.1) is 18.7 Å². The quantitative estimate of drug-likeness (QED) is 0.486. The lowest BCUT2D eigenvalue weighted by Gasteiger charge is -2.40. The normalized spacial score (nSPS) is 18.0. The van der Waals surface area contributed by atoms with Gasteiger partial charge in [-0.05, 0) is 54.8 Å². The van der Waals surface area contributed by atoms with Gasteiger partial charge in [-0.1, -0.05) is 23.7 Å². The molecule has 0 atom stereocenters. The van der Waals surface area contributed by atoms with Crippen molar-refractivity contribution < 1.29 is 14.3 Å². The first-order chi connectivity index (χ1) is 16.9. The molecular formula is C26H28ClN5O3. The molecule has 5 rings (SSSR count). The molecule has 2 aromatic heterocycles. The van der Waals surface area contributed by atoms with Crippen LogP contribution in [0, 0.1) is 0 Å². The van der Waals surface area contributed by atoms with Crippen molar-refractivity contribution in [1.82, 2.24) is 24.3 Å². The van der Waals surface area contributed by atoms with Crippen LogP contribution in [0.5, 0.6) is 5.75 Å². The number of hydrogen-bond donors (Lipinski definition) is 0. The fraction of sp³-hybridized carbons (Fsp3) is 0.346. The minimum atomic E-state index is -0.778. The Labute approximate surface area is 209 Å². The third-order valence-corrected chi connectivity index (χ3v) is 7.39. The molecule has 1 spiro atoms. The number of halogens is 1. The van der Waals surface area contributed by atoms with Crippen LogP contribution in [0.25, 0.3) is 5.82 Å². The number of likely N-dealkylation sites (N-methyl/N-ethyl adjacent to an activating group) is 1. The molecule has 0 saturated carbocycles. The molecule has 1 aromatic carbocycles. The number of likely N-dealkylation sites (tertiary alicyclic amines) is 1. The molecule has 8 nitrogen and oxygen atoms in total. The number of urea groups is 1. The van der Waals surface area contributed by atoms with Gasteiger partial charge in [-0.25, -0.2) is 9.78 Å². The number of ether oxygens (including phenoxy) is 1. The lowest BCUT2D eigenvalue weighted by atomic mass is 9.86. The van der Waals surface area contributed by atoms with Crippen molar-refractivity contribution in [2.24, 2.45) is 0 Å². The summed E-state index contributed by atoms with van der Waals surface area (Å²) in [5, 5.41) is 0.602. The van der Waals surface area contributed by atoms with E-state index in [4.69, 9.17) is 16.3 Å². The topological polar surface area (TPSA) is 70.9 Å². The van der Waals surface area contributed by atoms with Gasteiger partial charge in [-0.2, -0.15) is 0 Å². The first-order valence-corrected chi connectivity index (χ1v) is 12.0. The van der Waals surface area contributed by atoms with Crippen molar-refractivity contribution in [3.05, 3.63) is 77.2 Å². The van der Waals surface area contributed by atoms with Crippen LogP contribution in [-0.4, -0.2) is 69.0 Å². The van der Waals surface area contributed by atoms with E-state index in [1.54, 1.807) is 25.3 Å². The second kappa shape index (κ2) is 9.36. The largest absolute Gasteiger partial charge is 0.497 e. The molecule has 4 heterocycles. The molecule has 0 radical (unpaired) electrons. The van der Waals surface area contributed by atoms with E-state index >= 15 is 0 Å². The van der Waals surface area contributed by atoms with Gasteiger partial charge in [0, 0.05) is 44.8 Å². The van der Waals surface area contributed by atoms with E-state index in [0.717, 1.165) is 42.5 Å². The fourth-order valence-corrected chi connectivity index (χ4v) is 5.15. The van der Waals surface area contributed by atoms with E-state index in [2.05, 4.69) is 16.0 Å². The summed E-state index contributed by atoms with van der Waals surface area (Å²) < 4.78 is 7.25. The van der Waals surface area contributed by atoms with Crippen LogP contribution < -0.4 is 4.74 Å². The molecule has 0 N–H and O–H groups in total. The van der Waals surface area contributed by atoms with E-state index in [9.17, 15) is 9.59 Å². The minimum absolute atomic E-state index is 0.103. The molecule has 182 valence electrons. The smallest absolute Gasteiger partial charge is 0.327 e. The number of amides is 3. The highest BCUT2D eigenvalue weighted by Gasteiger charge is 2.56. The number of carbonyl (C=O) groups excluding carboxylic acids is 2. The van der Waals surface area contributed by atoms with Crippen molar-refractivity contribution >= 4 is 23.5 Å². The summed E-state index contributed by atoms with van der Waals surface area (Å²) in [6.45, 7) is 2.44.